The fourth-order valence-electron chi connectivity index (χ4n) is 4.68. The van der Waals surface area contributed by atoms with Crippen LogP contribution in [-0.2, 0) is 24.1 Å². The molecule has 0 spiro atoms. The third kappa shape index (κ3) is 4.45. The van der Waals surface area contributed by atoms with Gasteiger partial charge in [0.25, 0.3) is 0 Å². The minimum absolute atomic E-state index is 0.174. The first-order chi connectivity index (χ1) is 15.1. The van der Waals surface area contributed by atoms with E-state index in [9.17, 15) is 4.79 Å². The number of Topliss-reactive ketones (excluding diaryl/α,β-unsaturated/α-hetero) is 1. The van der Waals surface area contributed by atoms with Crippen LogP contribution in [0.2, 0.25) is 0 Å². The second-order valence-electron chi connectivity index (χ2n) is 8.97. The van der Waals surface area contributed by atoms with Gasteiger partial charge in [0.1, 0.15) is 5.78 Å². The lowest BCUT2D eigenvalue weighted by molar-refractivity contribution is -0.117. The SMILES string of the molecule is N[C@]1(Cc2ccc3ccccc3c2)C[C@H]1c1ccc(CC(=O)Cc2ccccc2)cc1. The maximum absolute atomic E-state index is 12.4. The second kappa shape index (κ2) is 8.13. The summed E-state index contributed by atoms with van der Waals surface area (Å²) in [6.07, 6.45) is 2.86. The third-order valence-electron chi connectivity index (χ3n) is 6.49. The molecule has 0 amide bonds. The highest BCUT2D eigenvalue weighted by molar-refractivity contribution is 5.83. The van der Waals surface area contributed by atoms with Crippen LogP contribution in [0.25, 0.3) is 10.8 Å². The first-order valence-electron chi connectivity index (χ1n) is 11.0. The molecule has 0 aliphatic heterocycles. The molecule has 0 bridgehead atoms. The van der Waals surface area contributed by atoms with Gasteiger partial charge in [-0.25, -0.2) is 0 Å². The molecule has 2 atom stereocenters. The summed E-state index contributed by atoms with van der Waals surface area (Å²) in [5, 5.41) is 2.53. The highest BCUT2D eigenvalue weighted by Gasteiger charge is 2.51. The quantitative estimate of drug-likeness (QED) is 0.433. The third-order valence-corrected chi connectivity index (χ3v) is 6.49. The number of hydrogen-bond acceptors (Lipinski definition) is 2. The molecule has 0 unspecified atom stereocenters. The van der Waals surface area contributed by atoms with E-state index in [0.717, 1.165) is 24.0 Å². The maximum Gasteiger partial charge on any atom is 0.141 e. The van der Waals surface area contributed by atoms with Crippen LogP contribution in [0.4, 0.5) is 0 Å². The van der Waals surface area contributed by atoms with Crippen molar-refractivity contribution in [3.63, 3.8) is 0 Å². The molecular formula is C29H27NO. The van der Waals surface area contributed by atoms with Gasteiger partial charge in [-0.05, 0) is 45.9 Å². The number of hydrogen-bond donors (Lipinski definition) is 1. The van der Waals surface area contributed by atoms with E-state index in [1.807, 2.05) is 30.3 Å². The molecule has 1 fully saturated rings. The van der Waals surface area contributed by atoms with Gasteiger partial charge in [-0.1, -0.05) is 97.1 Å². The normalized spacial score (nSPS) is 20.0. The molecule has 2 N–H and O–H groups in total. The standard InChI is InChI=1S/C29H27NO/c30-29(19-23-12-13-24-8-4-5-9-26(24)16-23)20-28(29)25-14-10-22(11-15-25)18-27(31)17-21-6-2-1-3-7-21/h1-16,28H,17-20,30H2/t28-,29+/m0/s1. The van der Waals surface area contributed by atoms with Crippen molar-refractivity contribution in [2.45, 2.75) is 37.1 Å². The van der Waals surface area contributed by atoms with E-state index >= 15 is 0 Å². The number of nitrogens with two attached hydrogens (primary N) is 1. The van der Waals surface area contributed by atoms with Crippen LogP contribution >= 0.6 is 0 Å². The molecule has 4 aromatic carbocycles. The van der Waals surface area contributed by atoms with Crippen LogP contribution in [0.3, 0.4) is 0 Å². The van der Waals surface area contributed by atoms with Crippen molar-refractivity contribution in [1.29, 1.82) is 0 Å². The van der Waals surface area contributed by atoms with Crippen molar-refractivity contribution in [3.8, 4) is 0 Å². The summed E-state index contributed by atoms with van der Waals surface area (Å²) in [7, 11) is 0. The molecule has 1 aliphatic carbocycles. The van der Waals surface area contributed by atoms with Crippen LogP contribution < -0.4 is 5.73 Å². The number of benzene rings is 4. The fraction of sp³-hybridized carbons (Fsp3) is 0.207. The Morgan fingerprint density at radius 3 is 2.10 bits per heavy atom. The zero-order valence-electron chi connectivity index (χ0n) is 17.6. The molecule has 2 heteroatoms. The molecule has 2 nitrogen and oxygen atoms in total. The van der Waals surface area contributed by atoms with Crippen molar-refractivity contribution in [3.05, 3.63) is 119 Å². The minimum Gasteiger partial charge on any atom is -0.324 e. The van der Waals surface area contributed by atoms with Crippen LogP contribution in [0.1, 0.15) is 34.6 Å². The monoisotopic (exact) mass is 405 g/mol. The Balaban J connectivity index is 1.21. The van der Waals surface area contributed by atoms with Gasteiger partial charge in [0.05, 0.1) is 0 Å². The lowest BCUT2D eigenvalue weighted by Gasteiger charge is -2.13. The van der Waals surface area contributed by atoms with E-state index in [-0.39, 0.29) is 11.3 Å². The second-order valence-corrected chi connectivity index (χ2v) is 8.97. The Labute approximate surface area is 183 Å². The number of carbonyl (C=O) groups is 1. The van der Waals surface area contributed by atoms with E-state index in [1.54, 1.807) is 0 Å². The average Bonchev–Trinajstić information content (AvgIpc) is 3.45. The molecule has 154 valence electrons. The van der Waals surface area contributed by atoms with Gasteiger partial charge in [-0.15, -0.1) is 0 Å². The highest BCUT2D eigenvalue weighted by Crippen LogP contribution is 2.51. The van der Waals surface area contributed by atoms with E-state index in [1.165, 1.54) is 21.9 Å². The van der Waals surface area contributed by atoms with Crippen molar-refractivity contribution in [2.75, 3.05) is 0 Å². The summed E-state index contributed by atoms with van der Waals surface area (Å²) >= 11 is 0. The largest absolute Gasteiger partial charge is 0.324 e. The van der Waals surface area contributed by atoms with Crippen molar-refractivity contribution < 1.29 is 4.79 Å². The van der Waals surface area contributed by atoms with Crippen LogP contribution in [0, 0.1) is 0 Å². The fourth-order valence-corrected chi connectivity index (χ4v) is 4.68. The number of carbonyl (C=O) groups excluding carboxylic acids is 1. The summed E-state index contributed by atoms with van der Waals surface area (Å²) in [5.41, 5.74) is 11.3. The Morgan fingerprint density at radius 2 is 1.35 bits per heavy atom. The topological polar surface area (TPSA) is 43.1 Å². The van der Waals surface area contributed by atoms with Gasteiger partial charge >= 0.3 is 0 Å². The van der Waals surface area contributed by atoms with Gasteiger partial charge in [-0.2, -0.15) is 0 Å². The molecule has 0 aromatic heterocycles. The predicted molar refractivity (Wildman–Crippen MR) is 127 cm³/mol. The smallest absolute Gasteiger partial charge is 0.141 e. The predicted octanol–water partition coefficient (Wildman–Crippen LogP) is 5.62. The highest BCUT2D eigenvalue weighted by atomic mass is 16.1. The summed E-state index contributed by atoms with van der Waals surface area (Å²) < 4.78 is 0. The van der Waals surface area contributed by atoms with Crippen molar-refractivity contribution >= 4 is 16.6 Å². The molecular weight excluding hydrogens is 378 g/mol. The molecule has 1 aliphatic rings. The summed E-state index contributed by atoms with van der Waals surface area (Å²) in [6, 6.07) is 33.5. The molecule has 1 saturated carbocycles. The minimum atomic E-state index is -0.174. The average molecular weight is 406 g/mol. The zero-order valence-corrected chi connectivity index (χ0v) is 17.6. The van der Waals surface area contributed by atoms with Gasteiger partial charge in [0.2, 0.25) is 0 Å². The Hall–Kier alpha value is -3.23. The van der Waals surface area contributed by atoms with E-state index in [4.69, 9.17) is 5.73 Å². The summed E-state index contributed by atoms with van der Waals surface area (Å²) in [4.78, 5) is 12.4. The van der Waals surface area contributed by atoms with E-state index in [2.05, 4.69) is 66.7 Å². The lowest BCUT2D eigenvalue weighted by atomic mass is 9.96. The Morgan fingerprint density at radius 1 is 0.742 bits per heavy atom. The first kappa shape index (κ1) is 19.7. The molecule has 4 aromatic rings. The van der Waals surface area contributed by atoms with Crippen LogP contribution in [0.5, 0.6) is 0 Å². The molecule has 0 radical (unpaired) electrons. The van der Waals surface area contributed by atoms with Crippen LogP contribution in [-0.4, -0.2) is 11.3 Å². The molecule has 0 saturated heterocycles. The van der Waals surface area contributed by atoms with E-state index in [0.29, 0.717) is 18.8 Å². The number of rotatable bonds is 7. The maximum atomic E-state index is 12.4. The van der Waals surface area contributed by atoms with E-state index < -0.39 is 0 Å². The molecule has 0 heterocycles. The lowest BCUT2D eigenvalue weighted by Crippen LogP contribution is -2.27. The van der Waals surface area contributed by atoms with Gasteiger partial charge in [-0.3, -0.25) is 4.79 Å². The Bertz CT molecular complexity index is 1210. The van der Waals surface area contributed by atoms with Crippen molar-refractivity contribution in [2.24, 2.45) is 5.73 Å². The first-order valence-corrected chi connectivity index (χ1v) is 11.0. The van der Waals surface area contributed by atoms with Gasteiger partial charge < -0.3 is 5.73 Å². The van der Waals surface area contributed by atoms with Crippen LogP contribution in [0.15, 0.2) is 97.1 Å². The number of ketones is 1. The zero-order chi connectivity index (χ0) is 21.3. The Kier molecular flexibility index (Phi) is 5.17. The molecule has 31 heavy (non-hydrogen) atoms. The summed E-state index contributed by atoms with van der Waals surface area (Å²) in [6.45, 7) is 0. The number of fused-ring (bicyclic) bond motifs is 1. The molecule has 5 rings (SSSR count). The van der Waals surface area contributed by atoms with Gasteiger partial charge in [0, 0.05) is 24.3 Å². The van der Waals surface area contributed by atoms with Gasteiger partial charge in [0.15, 0.2) is 0 Å². The van der Waals surface area contributed by atoms with Crippen molar-refractivity contribution in [1.82, 2.24) is 0 Å². The summed E-state index contributed by atoms with van der Waals surface area (Å²) in [5.74, 6) is 0.628.